The van der Waals surface area contributed by atoms with Crippen LogP contribution in [0.25, 0.3) is 0 Å². The Kier molecular flexibility index (Phi) is 5.83. The number of carboxylic acid groups (broad SMARTS) is 1. The predicted octanol–water partition coefficient (Wildman–Crippen LogP) is 2.50. The molecule has 2 aliphatic heterocycles. The van der Waals surface area contributed by atoms with Crippen LogP contribution in [-0.4, -0.2) is 53.4 Å². The summed E-state index contributed by atoms with van der Waals surface area (Å²) < 4.78 is 24.2. The fraction of sp³-hybridized carbons (Fsp3) is 0.471. The van der Waals surface area contributed by atoms with Crippen molar-refractivity contribution in [2.75, 3.05) is 16.4 Å². The molecular formula is C17H19ClN2O5S2. The van der Waals surface area contributed by atoms with E-state index in [1.807, 2.05) is 13.0 Å². The van der Waals surface area contributed by atoms with Crippen LogP contribution in [0.1, 0.15) is 24.8 Å². The van der Waals surface area contributed by atoms with Crippen LogP contribution < -0.4 is 4.90 Å². The Morgan fingerprint density at radius 1 is 1.33 bits per heavy atom. The summed E-state index contributed by atoms with van der Waals surface area (Å²) in [5.41, 5.74) is 1.63. The molecule has 0 bridgehead atoms. The van der Waals surface area contributed by atoms with E-state index < -0.39 is 21.7 Å². The molecule has 1 amide bonds. The van der Waals surface area contributed by atoms with Crippen LogP contribution in [0.15, 0.2) is 23.2 Å². The molecule has 1 aromatic carbocycles. The molecule has 0 radical (unpaired) electrons. The van der Waals surface area contributed by atoms with Crippen LogP contribution in [0, 0.1) is 6.92 Å². The van der Waals surface area contributed by atoms with Crippen molar-refractivity contribution in [2.45, 2.75) is 37.5 Å². The molecule has 0 aromatic heterocycles. The smallest absolute Gasteiger partial charge is 0.303 e. The average Bonchev–Trinajstić information content (AvgIpc) is 3.00. The first-order valence-corrected chi connectivity index (χ1v) is 11.5. The van der Waals surface area contributed by atoms with Crippen molar-refractivity contribution in [3.63, 3.8) is 0 Å². The molecule has 0 unspecified atom stereocenters. The van der Waals surface area contributed by atoms with Crippen molar-refractivity contribution in [1.82, 2.24) is 0 Å². The third kappa shape index (κ3) is 4.64. The maximum Gasteiger partial charge on any atom is 0.303 e. The molecule has 10 heteroatoms. The van der Waals surface area contributed by atoms with Crippen LogP contribution in [-0.2, 0) is 19.4 Å². The Balaban J connectivity index is 1.91. The minimum atomic E-state index is -3.15. The van der Waals surface area contributed by atoms with Crippen molar-refractivity contribution in [3.05, 3.63) is 28.8 Å². The van der Waals surface area contributed by atoms with Gasteiger partial charge >= 0.3 is 5.97 Å². The summed E-state index contributed by atoms with van der Waals surface area (Å²) in [6, 6.07) is 5.03. The number of anilines is 1. The lowest BCUT2D eigenvalue weighted by Gasteiger charge is -2.26. The number of carbonyl (C=O) groups is 2. The van der Waals surface area contributed by atoms with Crippen LogP contribution >= 0.6 is 23.4 Å². The Morgan fingerprint density at radius 3 is 2.78 bits per heavy atom. The van der Waals surface area contributed by atoms with Crippen LogP contribution in [0.2, 0.25) is 5.02 Å². The first-order valence-electron chi connectivity index (χ1n) is 8.42. The summed E-state index contributed by atoms with van der Waals surface area (Å²) in [7, 11) is -3.15. The van der Waals surface area contributed by atoms with E-state index in [2.05, 4.69) is 4.99 Å². The Labute approximate surface area is 166 Å². The van der Waals surface area contributed by atoms with Crippen LogP contribution in [0.4, 0.5) is 5.69 Å². The molecular weight excluding hydrogens is 412 g/mol. The fourth-order valence-electron chi connectivity index (χ4n) is 3.24. The number of hydrogen-bond acceptors (Lipinski definition) is 5. The van der Waals surface area contributed by atoms with E-state index in [4.69, 9.17) is 16.7 Å². The lowest BCUT2D eigenvalue weighted by atomic mass is 10.1. The zero-order chi connectivity index (χ0) is 19.8. The second kappa shape index (κ2) is 7.81. The van der Waals surface area contributed by atoms with Gasteiger partial charge in [-0.05, 0) is 31.0 Å². The molecule has 27 heavy (non-hydrogen) atoms. The number of amides is 1. The molecule has 2 saturated heterocycles. The maximum atomic E-state index is 12.2. The van der Waals surface area contributed by atoms with Gasteiger partial charge in [-0.3, -0.25) is 9.59 Å². The second-order valence-corrected chi connectivity index (χ2v) is 10.4. The number of thioether (sulfide) groups is 1. The summed E-state index contributed by atoms with van der Waals surface area (Å²) in [6.07, 6.45) is 0.156. The number of sulfone groups is 1. The molecule has 146 valence electrons. The highest BCUT2D eigenvalue weighted by atomic mass is 35.5. The molecule has 7 nitrogen and oxygen atoms in total. The van der Waals surface area contributed by atoms with Gasteiger partial charge in [0.2, 0.25) is 5.91 Å². The standard InChI is InChI=1S/C17H19ClN2O5S2/c1-10-5-6-11(18)7-12(10)20-13-8-27(24,25)9-14(13)26-17(20)19-15(21)3-2-4-16(22)23/h5-7,13-14H,2-4,8-9H2,1H3,(H,22,23)/t13-,14-/m0/s1. The van der Waals surface area contributed by atoms with E-state index in [0.29, 0.717) is 10.2 Å². The monoisotopic (exact) mass is 430 g/mol. The van der Waals surface area contributed by atoms with E-state index >= 15 is 0 Å². The quantitative estimate of drug-likeness (QED) is 0.765. The zero-order valence-electron chi connectivity index (χ0n) is 14.6. The maximum absolute atomic E-state index is 12.2. The summed E-state index contributed by atoms with van der Waals surface area (Å²) in [6.45, 7) is 1.89. The van der Waals surface area contributed by atoms with Gasteiger partial charge in [-0.25, -0.2) is 8.42 Å². The topological polar surface area (TPSA) is 104 Å². The Hall–Kier alpha value is -1.58. The van der Waals surface area contributed by atoms with Gasteiger partial charge in [-0.2, -0.15) is 4.99 Å². The average molecular weight is 431 g/mol. The molecule has 0 saturated carbocycles. The molecule has 0 aliphatic carbocycles. The van der Waals surface area contributed by atoms with Gasteiger partial charge in [-0.15, -0.1) is 0 Å². The minimum Gasteiger partial charge on any atom is -0.481 e. The van der Waals surface area contributed by atoms with Gasteiger partial charge in [0.05, 0.1) is 17.5 Å². The molecule has 2 fully saturated rings. The third-order valence-electron chi connectivity index (χ3n) is 4.50. The number of amidine groups is 1. The SMILES string of the molecule is Cc1ccc(Cl)cc1N1C(=NC(=O)CCCC(=O)O)S[C@H]2CS(=O)(=O)C[C@@H]21. The first kappa shape index (κ1) is 20.2. The number of fused-ring (bicyclic) bond motifs is 1. The molecule has 2 aliphatic rings. The molecule has 2 atom stereocenters. The van der Waals surface area contributed by atoms with E-state index in [1.54, 1.807) is 17.0 Å². The number of aryl methyl sites for hydroxylation is 1. The largest absolute Gasteiger partial charge is 0.481 e. The number of carboxylic acids is 1. The van der Waals surface area contributed by atoms with Gasteiger partial charge in [0.25, 0.3) is 0 Å². The van der Waals surface area contributed by atoms with E-state index in [0.717, 1.165) is 11.3 Å². The second-order valence-electron chi connectivity index (χ2n) is 6.64. The van der Waals surface area contributed by atoms with Crippen LogP contribution in [0.3, 0.4) is 0 Å². The molecule has 1 aromatic rings. The third-order valence-corrected chi connectivity index (χ3v) is 7.94. The van der Waals surface area contributed by atoms with Crippen molar-refractivity contribution >= 4 is 55.9 Å². The van der Waals surface area contributed by atoms with Crippen molar-refractivity contribution in [1.29, 1.82) is 0 Å². The van der Waals surface area contributed by atoms with Gasteiger partial charge in [0, 0.05) is 28.8 Å². The zero-order valence-corrected chi connectivity index (χ0v) is 17.0. The highest BCUT2D eigenvalue weighted by molar-refractivity contribution is 8.16. The molecule has 2 heterocycles. The van der Waals surface area contributed by atoms with Gasteiger partial charge < -0.3 is 10.0 Å². The van der Waals surface area contributed by atoms with Crippen LogP contribution in [0.5, 0.6) is 0 Å². The lowest BCUT2D eigenvalue weighted by molar-refractivity contribution is -0.137. The lowest BCUT2D eigenvalue weighted by Crippen LogP contribution is -2.38. The number of carbonyl (C=O) groups excluding carboxylic acids is 1. The summed E-state index contributed by atoms with van der Waals surface area (Å²) in [5, 5.41) is 9.45. The van der Waals surface area contributed by atoms with E-state index in [9.17, 15) is 18.0 Å². The fourth-order valence-corrected chi connectivity index (χ4v) is 7.33. The summed E-state index contributed by atoms with van der Waals surface area (Å²) >= 11 is 7.42. The normalized spacial score (nSPS) is 25.0. The number of benzene rings is 1. The Bertz CT molecular complexity index is 916. The predicted molar refractivity (Wildman–Crippen MR) is 106 cm³/mol. The van der Waals surface area contributed by atoms with E-state index in [1.165, 1.54) is 11.8 Å². The Morgan fingerprint density at radius 2 is 2.07 bits per heavy atom. The summed E-state index contributed by atoms with van der Waals surface area (Å²) in [4.78, 5) is 28.8. The number of aliphatic carboxylic acids is 1. The molecule has 1 N–H and O–H groups in total. The van der Waals surface area contributed by atoms with Crippen molar-refractivity contribution < 1.29 is 23.1 Å². The van der Waals surface area contributed by atoms with Gasteiger partial charge in [0.15, 0.2) is 15.0 Å². The van der Waals surface area contributed by atoms with Gasteiger partial charge in [0.1, 0.15) is 0 Å². The number of nitrogens with zero attached hydrogens (tertiary/aromatic N) is 2. The van der Waals surface area contributed by atoms with Crippen molar-refractivity contribution in [2.24, 2.45) is 4.99 Å². The molecule has 0 spiro atoms. The molecule has 3 rings (SSSR count). The van der Waals surface area contributed by atoms with Crippen molar-refractivity contribution in [3.8, 4) is 0 Å². The highest BCUT2D eigenvalue weighted by Gasteiger charge is 2.49. The van der Waals surface area contributed by atoms with Gasteiger partial charge in [-0.1, -0.05) is 29.4 Å². The first-order chi connectivity index (χ1) is 12.7. The minimum absolute atomic E-state index is 0.00282. The number of rotatable bonds is 5. The summed E-state index contributed by atoms with van der Waals surface area (Å²) in [5.74, 6) is -1.32. The number of aliphatic imine (C=N–C) groups is 1. The highest BCUT2D eigenvalue weighted by Crippen LogP contribution is 2.42. The number of halogens is 1. The number of hydrogen-bond donors (Lipinski definition) is 1. The van der Waals surface area contributed by atoms with E-state index in [-0.39, 0.29) is 42.1 Å².